The molecule has 0 aromatic heterocycles. The lowest BCUT2D eigenvalue weighted by molar-refractivity contribution is -0.131. The van der Waals surface area contributed by atoms with Crippen LogP contribution in [0, 0.1) is 5.92 Å². The minimum absolute atomic E-state index is 0. The van der Waals surface area contributed by atoms with Crippen LogP contribution in [-0.2, 0) is 4.79 Å². The number of aliphatic carboxylic acids is 1. The topological polar surface area (TPSA) is 37.3 Å². The van der Waals surface area contributed by atoms with Crippen LogP contribution in [0.4, 0.5) is 0 Å². The first-order valence-corrected chi connectivity index (χ1v) is 8.87. The molecule has 1 atom stereocenters. The minimum Gasteiger partial charge on any atom is -0.478 e. The van der Waals surface area contributed by atoms with E-state index in [-0.39, 0.29) is 12.4 Å². The van der Waals surface area contributed by atoms with E-state index in [4.69, 9.17) is 5.11 Å². The number of hydrogen-bond donors (Lipinski definition) is 1. The SMILES string of the molecule is C=CC(CCC=CCCCCC=CC(=O)O)CCCCCC.Cl. The summed E-state index contributed by atoms with van der Waals surface area (Å²) < 4.78 is 0. The third-order valence-corrected chi connectivity index (χ3v) is 3.88. The zero-order chi connectivity index (χ0) is 16.5. The number of rotatable bonds is 15. The summed E-state index contributed by atoms with van der Waals surface area (Å²) in [7, 11) is 0. The average molecular weight is 343 g/mol. The Morgan fingerprint density at radius 3 is 2.22 bits per heavy atom. The molecule has 0 rings (SSSR count). The smallest absolute Gasteiger partial charge is 0.327 e. The normalized spacial score (nSPS) is 12.4. The average Bonchev–Trinajstić information content (AvgIpc) is 2.50. The molecule has 2 nitrogen and oxygen atoms in total. The molecule has 0 spiro atoms. The van der Waals surface area contributed by atoms with Crippen molar-refractivity contribution in [2.45, 2.75) is 77.6 Å². The number of allylic oxidation sites excluding steroid dienone is 4. The molecule has 0 aliphatic heterocycles. The molecule has 0 aromatic carbocycles. The van der Waals surface area contributed by atoms with Gasteiger partial charge in [-0.1, -0.05) is 56.9 Å². The van der Waals surface area contributed by atoms with Crippen molar-refractivity contribution < 1.29 is 9.90 Å². The second kappa shape index (κ2) is 19.0. The van der Waals surface area contributed by atoms with Gasteiger partial charge in [-0.15, -0.1) is 19.0 Å². The third-order valence-electron chi connectivity index (χ3n) is 3.88. The largest absolute Gasteiger partial charge is 0.478 e. The number of halogens is 1. The van der Waals surface area contributed by atoms with Crippen molar-refractivity contribution in [3.05, 3.63) is 37.0 Å². The van der Waals surface area contributed by atoms with Crippen LogP contribution in [0.5, 0.6) is 0 Å². The summed E-state index contributed by atoms with van der Waals surface area (Å²) in [5.41, 5.74) is 0. The lowest BCUT2D eigenvalue weighted by atomic mass is 9.96. The van der Waals surface area contributed by atoms with Gasteiger partial charge >= 0.3 is 5.97 Å². The van der Waals surface area contributed by atoms with Gasteiger partial charge in [-0.25, -0.2) is 4.79 Å². The van der Waals surface area contributed by atoms with E-state index in [0.717, 1.165) is 32.1 Å². The first-order chi connectivity index (χ1) is 10.7. The molecule has 0 saturated carbocycles. The number of carboxylic acids is 1. The Balaban J connectivity index is 0. The summed E-state index contributed by atoms with van der Waals surface area (Å²) in [6.45, 7) is 6.21. The molecule has 1 N–H and O–H groups in total. The Morgan fingerprint density at radius 1 is 0.957 bits per heavy atom. The van der Waals surface area contributed by atoms with E-state index in [0.29, 0.717) is 5.92 Å². The predicted molar refractivity (Wildman–Crippen MR) is 103 cm³/mol. The zero-order valence-corrected chi connectivity index (χ0v) is 15.5. The second-order valence-corrected chi connectivity index (χ2v) is 5.92. The van der Waals surface area contributed by atoms with Gasteiger partial charge in [0, 0.05) is 6.08 Å². The molecule has 0 aliphatic carbocycles. The molecular weight excluding hydrogens is 308 g/mol. The van der Waals surface area contributed by atoms with Gasteiger partial charge in [-0.2, -0.15) is 0 Å². The second-order valence-electron chi connectivity index (χ2n) is 5.92. The molecule has 0 amide bonds. The molecule has 0 radical (unpaired) electrons. The van der Waals surface area contributed by atoms with E-state index < -0.39 is 5.97 Å². The van der Waals surface area contributed by atoms with Crippen LogP contribution in [0.2, 0.25) is 0 Å². The molecule has 134 valence electrons. The highest BCUT2D eigenvalue weighted by Gasteiger charge is 2.02. The Labute approximate surface area is 149 Å². The quantitative estimate of drug-likeness (QED) is 0.204. The van der Waals surface area contributed by atoms with Gasteiger partial charge in [0.1, 0.15) is 0 Å². The van der Waals surface area contributed by atoms with Gasteiger partial charge in [0.2, 0.25) is 0 Å². The maximum Gasteiger partial charge on any atom is 0.327 e. The molecular formula is C20H35ClO2. The van der Waals surface area contributed by atoms with E-state index in [1.165, 1.54) is 44.6 Å². The van der Waals surface area contributed by atoms with Crippen molar-refractivity contribution in [2.24, 2.45) is 5.92 Å². The van der Waals surface area contributed by atoms with Crippen molar-refractivity contribution in [3.63, 3.8) is 0 Å². The molecule has 23 heavy (non-hydrogen) atoms. The fourth-order valence-electron chi connectivity index (χ4n) is 2.47. The number of carbonyl (C=O) groups is 1. The standard InChI is InChI=1S/C20H34O2.ClH/c1-3-5-6-13-16-19(4-2)17-14-11-9-7-8-10-12-15-18-20(21)22;/h4,9,11,15,18-19H,2-3,5-8,10,12-14,16-17H2,1H3,(H,21,22);1H. The summed E-state index contributed by atoms with van der Waals surface area (Å²) in [4.78, 5) is 10.3. The van der Waals surface area contributed by atoms with E-state index >= 15 is 0 Å². The summed E-state index contributed by atoms with van der Waals surface area (Å²) in [6, 6.07) is 0. The van der Waals surface area contributed by atoms with Crippen molar-refractivity contribution in [2.75, 3.05) is 0 Å². The third kappa shape index (κ3) is 18.9. The van der Waals surface area contributed by atoms with Crippen molar-refractivity contribution in [1.82, 2.24) is 0 Å². The van der Waals surface area contributed by atoms with Crippen LogP contribution < -0.4 is 0 Å². The zero-order valence-electron chi connectivity index (χ0n) is 14.7. The summed E-state index contributed by atoms with van der Waals surface area (Å²) in [6.07, 6.45) is 22.7. The monoisotopic (exact) mass is 342 g/mol. The molecule has 0 saturated heterocycles. The molecule has 0 heterocycles. The highest BCUT2D eigenvalue weighted by atomic mass is 35.5. The van der Waals surface area contributed by atoms with Gasteiger partial charge in [-0.05, 0) is 50.9 Å². The molecule has 0 aromatic rings. The van der Waals surface area contributed by atoms with Crippen molar-refractivity contribution >= 4 is 18.4 Å². The molecule has 0 aliphatic rings. The van der Waals surface area contributed by atoms with Gasteiger partial charge in [0.15, 0.2) is 0 Å². The fourth-order valence-corrected chi connectivity index (χ4v) is 2.47. The van der Waals surface area contributed by atoms with Gasteiger partial charge in [-0.3, -0.25) is 0 Å². The van der Waals surface area contributed by atoms with E-state index in [1.807, 2.05) is 0 Å². The highest BCUT2D eigenvalue weighted by Crippen LogP contribution is 2.17. The number of unbranched alkanes of at least 4 members (excludes halogenated alkanes) is 6. The Kier molecular flexibility index (Phi) is 20.0. The van der Waals surface area contributed by atoms with E-state index in [1.54, 1.807) is 6.08 Å². The summed E-state index contributed by atoms with van der Waals surface area (Å²) in [5.74, 6) is -0.186. The van der Waals surface area contributed by atoms with Gasteiger partial charge in [0.05, 0.1) is 0 Å². The van der Waals surface area contributed by atoms with E-state index in [9.17, 15) is 4.79 Å². The van der Waals surface area contributed by atoms with Crippen LogP contribution in [0.25, 0.3) is 0 Å². The molecule has 3 heteroatoms. The summed E-state index contributed by atoms with van der Waals surface area (Å²) >= 11 is 0. The molecule has 1 unspecified atom stereocenters. The van der Waals surface area contributed by atoms with Gasteiger partial charge in [0.25, 0.3) is 0 Å². The van der Waals surface area contributed by atoms with Crippen LogP contribution in [0.1, 0.15) is 77.6 Å². The molecule has 0 fully saturated rings. The lowest BCUT2D eigenvalue weighted by Crippen LogP contribution is -1.95. The number of hydrogen-bond acceptors (Lipinski definition) is 1. The van der Waals surface area contributed by atoms with Crippen molar-refractivity contribution in [1.29, 1.82) is 0 Å². The van der Waals surface area contributed by atoms with Crippen molar-refractivity contribution in [3.8, 4) is 0 Å². The van der Waals surface area contributed by atoms with Crippen LogP contribution >= 0.6 is 12.4 Å². The molecule has 0 bridgehead atoms. The van der Waals surface area contributed by atoms with Crippen LogP contribution in [0.15, 0.2) is 37.0 Å². The van der Waals surface area contributed by atoms with Crippen LogP contribution in [0.3, 0.4) is 0 Å². The Morgan fingerprint density at radius 2 is 1.61 bits per heavy atom. The van der Waals surface area contributed by atoms with Crippen LogP contribution in [-0.4, -0.2) is 11.1 Å². The Hall–Kier alpha value is -1.02. The lowest BCUT2D eigenvalue weighted by Gasteiger charge is -2.10. The number of carboxylic acid groups (broad SMARTS) is 1. The highest BCUT2D eigenvalue weighted by molar-refractivity contribution is 5.85. The fraction of sp³-hybridized carbons (Fsp3) is 0.650. The maximum absolute atomic E-state index is 10.3. The first kappa shape index (κ1) is 24.2. The first-order valence-electron chi connectivity index (χ1n) is 8.87. The van der Waals surface area contributed by atoms with E-state index in [2.05, 4.69) is 31.7 Å². The predicted octanol–water partition coefficient (Wildman–Crippen LogP) is 6.72. The van der Waals surface area contributed by atoms with Gasteiger partial charge < -0.3 is 5.11 Å². The summed E-state index contributed by atoms with van der Waals surface area (Å²) in [5, 5.41) is 8.45. The minimum atomic E-state index is -0.855. The Bertz CT molecular complexity index is 335. The maximum atomic E-state index is 10.3.